The van der Waals surface area contributed by atoms with Crippen LogP contribution in [0.1, 0.15) is 159 Å². The van der Waals surface area contributed by atoms with Crippen LogP contribution in [-0.2, 0) is 34.0 Å². The molecular weight excluding hydrogens is 705 g/mol. The first-order valence-corrected chi connectivity index (χ1v) is 25.6. The van der Waals surface area contributed by atoms with E-state index in [0.29, 0.717) is 40.7 Å². The number of hydrogen-bond donors (Lipinski definition) is 0. The Morgan fingerprint density at radius 1 is 0.596 bits per heavy atom. The molecule has 3 saturated heterocycles. The molecule has 0 aromatic heterocycles. The van der Waals surface area contributed by atoms with E-state index in [1.54, 1.807) is 21.6 Å². The molecule has 3 fully saturated rings. The molecule has 0 N–H and O–H groups in total. The molecular formula is C36H66O5S6. The fourth-order valence-corrected chi connectivity index (χ4v) is 15.1. The number of ketones is 3. The van der Waals surface area contributed by atoms with Crippen LogP contribution in [0.2, 0.25) is 0 Å². The lowest BCUT2D eigenvalue weighted by Gasteiger charge is -2.16. The zero-order valence-electron chi connectivity index (χ0n) is 31.0. The Morgan fingerprint density at radius 2 is 1.06 bits per heavy atom. The first kappa shape index (κ1) is 45.7. The van der Waals surface area contributed by atoms with Gasteiger partial charge in [-0.05, 0) is 57.8 Å². The van der Waals surface area contributed by atoms with Crippen LogP contribution in [0.5, 0.6) is 0 Å². The number of unbranched alkanes of at least 4 members (excludes halogenated alkanes) is 3. The molecule has 276 valence electrons. The molecule has 0 bridgehead atoms. The molecule has 3 aliphatic rings. The van der Waals surface area contributed by atoms with Crippen molar-refractivity contribution in [1.82, 2.24) is 0 Å². The number of carbonyl (C=O) groups excluding carboxylic acids is 3. The monoisotopic (exact) mass is 770 g/mol. The van der Waals surface area contributed by atoms with Crippen molar-refractivity contribution in [3.63, 3.8) is 0 Å². The number of rotatable bonds is 15. The molecule has 3 heterocycles. The molecule has 3 rings (SSSR count). The van der Waals surface area contributed by atoms with E-state index >= 15 is 0 Å². The molecule has 47 heavy (non-hydrogen) atoms. The molecule has 3 aliphatic heterocycles. The van der Waals surface area contributed by atoms with Gasteiger partial charge in [0.15, 0.2) is 0 Å². The second kappa shape index (κ2) is 23.3. The van der Waals surface area contributed by atoms with Crippen molar-refractivity contribution < 1.29 is 22.8 Å². The highest BCUT2D eigenvalue weighted by molar-refractivity contribution is 8.77. The SMILES string of the molecule is CC(C)(C)C(=O)CCCCC1CCS(=O)S1.CC(C)(C)C(=O)CCCCC1CCSS1.CC(C)(C)C(=O)CCCCC1CCSS1=O. The van der Waals surface area contributed by atoms with Gasteiger partial charge in [0.1, 0.15) is 17.3 Å². The molecule has 0 amide bonds. The zero-order chi connectivity index (χ0) is 35.7. The van der Waals surface area contributed by atoms with Gasteiger partial charge in [-0.3, -0.25) is 14.4 Å². The van der Waals surface area contributed by atoms with Crippen molar-refractivity contribution in [1.29, 1.82) is 0 Å². The predicted octanol–water partition coefficient (Wildman–Crippen LogP) is 11.0. The summed E-state index contributed by atoms with van der Waals surface area (Å²) in [6, 6.07) is 0. The minimum absolute atomic E-state index is 0.141. The van der Waals surface area contributed by atoms with Gasteiger partial charge >= 0.3 is 0 Å². The highest BCUT2D eigenvalue weighted by atomic mass is 33.1. The molecule has 0 radical (unpaired) electrons. The van der Waals surface area contributed by atoms with Crippen molar-refractivity contribution in [2.45, 2.75) is 174 Å². The number of hydrogen-bond acceptors (Lipinski definition) is 9. The van der Waals surface area contributed by atoms with Crippen molar-refractivity contribution in [3.05, 3.63) is 0 Å². The zero-order valence-corrected chi connectivity index (χ0v) is 35.8. The van der Waals surface area contributed by atoms with E-state index < -0.39 is 19.7 Å². The Bertz CT molecular complexity index is 989. The van der Waals surface area contributed by atoms with E-state index in [4.69, 9.17) is 0 Å². The van der Waals surface area contributed by atoms with E-state index in [-0.39, 0.29) is 16.2 Å². The summed E-state index contributed by atoms with van der Waals surface area (Å²) >= 11 is 0. The van der Waals surface area contributed by atoms with Crippen LogP contribution < -0.4 is 0 Å². The summed E-state index contributed by atoms with van der Waals surface area (Å²) in [5, 5.41) is 1.82. The van der Waals surface area contributed by atoms with Crippen molar-refractivity contribution in [2.75, 3.05) is 17.3 Å². The molecule has 0 aromatic rings. The number of Topliss-reactive ketones (excluding diaryl/α,β-unsaturated/α-hetero) is 3. The maximum absolute atomic E-state index is 11.7. The first-order valence-electron chi connectivity index (χ1n) is 17.8. The molecule has 0 saturated carbocycles. The predicted molar refractivity (Wildman–Crippen MR) is 215 cm³/mol. The summed E-state index contributed by atoms with van der Waals surface area (Å²) in [4.78, 5) is 35.0. The molecule has 11 heteroatoms. The summed E-state index contributed by atoms with van der Waals surface area (Å²) in [6.07, 6.45) is 15.5. The Kier molecular flexibility index (Phi) is 22.7. The molecule has 5 unspecified atom stereocenters. The lowest BCUT2D eigenvalue weighted by molar-refractivity contribution is -0.127. The van der Waals surface area contributed by atoms with E-state index in [1.807, 2.05) is 83.9 Å². The molecule has 0 aromatic carbocycles. The van der Waals surface area contributed by atoms with Gasteiger partial charge in [-0.15, -0.1) is 0 Å². The van der Waals surface area contributed by atoms with Crippen molar-refractivity contribution in [2.24, 2.45) is 16.2 Å². The summed E-state index contributed by atoms with van der Waals surface area (Å²) in [7, 11) is 5.94. The van der Waals surface area contributed by atoms with Crippen LogP contribution in [0.15, 0.2) is 0 Å². The Morgan fingerprint density at radius 3 is 1.43 bits per heavy atom. The highest BCUT2D eigenvalue weighted by Crippen LogP contribution is 2.40. The smallest absolute Gasteiger partial charge is 0.138 e. The van der Waals surface area contributed by atoms with E-state index in [2.05, 4.69) is 0 Å². The Balaban J connectivity index is 0.000000353. The third-order valence-electron chi connectivity index (χ3n) is 8.54. The minimum atomic E-state index is -0.660. The average Bonchev–Trinajstić information content (AvgIpc) is 3.73. The van der Waals surface area contributed by atoms with Crippen LogP contribution in [0, 0.1) is 16.2 Å². The Labute approximate surface area is 308 Å². The lowest BCUT2D eigenvalue weighted by atomic mass is 9.88. The molecule has 5 atom stereocenters. The summed E-state index contributed by atoms with van der Waals surface area (Å²) in [5.41, 5.74) is -0.534. The summed E-state index contributed by atoms with van der Waals surface area (Å²) in [6.45, 7) is 17.9. The van der Waals surface area contributed by atoms with Gasteiger partial charge in [-0.2, -0.15) is 0 Å². The first-order chi connectivity index (χ1) is 21.8. The van der Waals surface area contributed by atoms with E-state index in [0.717, 1.165) is 81.0 Å². The van der Waals surface area contributed by atoms with Gasteiger partial charge in [-0.1, -0.05) is 125 Å². The fraction of sp³-hybridized carbons (Fsp3) is 0.917. The van der Waals surface area contributed by atoms with Gasteiger partial charge in [0.05, 0.1) is 19.7 Å². The van der Waals surface area contributed by atoms with Crippen molar-refractivity contribution >= 4 is 80.2 Å². The van der Waals surface area contributed by atoms with Gasteiger partial charge in [-0.25, -0.2) is 8.42 Å². The second-order valence-corrected chi connectivity index (χ2v) is 26.0. The van der Waals surface area contributed by atoms with Crippen LogP contribution >= 0.6 is 43.2 Å². The maximum atomic E-state index is 11.7. The number of carbonyl (C=O) groups is 3. The molecule has 0 spiro atoms. The minimum Gasteiger partial charge on any atom is -0.299 e. The average molecular weight is 771 g/mol. The van der Waals surface area contributed by atoms with Crippen LogP contribution in [-0.4, -0.2) is 58.8 Å². The van der Waals surface area contributed by atoms with E-state index in [9.17, 15) is 22.8 Å². The van der Waals surface area contributed by atoms with Gasteiger partial charge in [0.25, 0.3) is 0 Å². The van der Waals surface area contributed by atoms with E-state index in [1.165, 1.54) is 25.0 Å². The highest BCUT2D eigenvalue weighted by Gasteiger charge is 2.25. The molecule has 5 nitrogen and oxygen atoms in total. The third-order valence-corrected chi connectivity index (χ3v) is 18.7. The summed E-state index contributed by atoms with van der Waals surface area (Å²) < 4.78 is 22.6. The lowest BCUT2D eigenvalue weighted by Crippen LogP contribution is -2.19. The van der Waals surface area contributed by atoms with Crippen molar-refractivity contribution in [3.8, 4) is 0 Å². The largest absolute Gasteiger partial charge is 0.299 e. The van der Waals surface area contributed by atoms with Gasteiger partial charge in [0, 0.05) is 68.5 Å². The quantitative estimate of drug-likeness (QED) is 0.119. The topological polar surface area (TPSA) is 85.3 Å². The fourth-order valence-electron chi connectivity index (χ4n) is 5.02. The van der Waals surface area contributed by atoms with Gasteiger partial charge in [0.2, 0.25) is 0 Å². The molecule has 0 aliphatic carbocycles. The van der Waals surface area contributed by atoms with Crippen LogP contribution in [0.4, 0.5) is 0 Å². The standard InChI is InChI=1S/2C12H22O2S2.C12H22OS2/c1-12(2,3)11(13)7-5-4-6-10-8-9-16(14)15-10;1-12(2,3)11(13)7-5-4-6-10-8-9-15-16(10)14;1-12(2,3)11(13)7-5-4-6-10-8-9-14-15-10/h2*10H,4-9H2,1-3H3;10H,4-9H2,1-3H3. The normalized spacial score (nSPS) is 24.7. The van der Waals surface area contributed by atoms with Crippen LogP contribution in [0.3, 0.4) is 0 Å². The van der Waals surface area contributed by atoms with Gasteiger partial charge < -0.3 is 0 Å². The maximum Gasteiger partial charge on any atom is 0.138 e. The Hall–Kier alpha value is 0.710. The summed E-state index contributed by atoms with van der Waals surface area (Å²) in [5.74, 6) is 4.32. The third kappa shape index (κ3) is 21.6. The van der Waals surface area contributed by atoms with Crippen LogP contribution in [0.25, 0.3) is 0 Å². The second-order valence-electron chi connectivity index (χ2n) is 16.1.